The van der Waals surface area contributed by atoms with E-state index in [-0.39, 0.29) is 19.0 Å². The van der Waals surface area contributed by atoms with Gasteiger partial charge in [0.25, 0.3) is 0 Å². The molecule has 0 aliphatic heterocycles. The normalized spacial score (nSPS) is 12.0. The van der Waals surface area contributed by atoms with Gasteiger partial charge in [-0.05, 0) is 36.4 Å². The van der Waals surface area contributed by atoms with Gasteiger partial charge in [0.15, 0.2) is 0 Å². The van der Waals surface area contributed by atoms with Gasteiger partial charge in [0.1, 0.15) is 24.3 Å². The molecule has 0 aromatic heterocycles. The number of nitrogens with one attached hydrogen (secondary N) is 1. The standard InChI is InChI=1S/C15H14Cl2FNO2/c16-14-6-5-13(7-15(14)17)21-9-12(20)8-19-11-3-1-10(18)2-4-11/h1-7,12,19-20H,8-9H2. The number of aliphatic hydroxyl groups is 1. The van der Waals surface area contributed by atoms with Crippen LogP contribution in [0.1, 0.15) is 0 Å². The van der Waals surface area contributed by atoms with E-state index in [4.69, 9.17) is 27.9 Å². The lowest BCUT2D eigenvalue weighted by Gasteiger charge is -2.14. The van der Waals surface area contributed by atoms with E-state index in [9.17, 15) is 9.50 Å². The largest absolute Gasteiger partial charge is 0.491 e. The van der Waals surface area contributed by atoms with Crippen LogP contribution < -0.4 is 10.1 Å². The zero-order valence-corrected chi connectivity index (χ0v) is 12.5. The first-order valence-electron chi connectivity index (χ1n) is 6.30. The number of halogens is 3. The van der Waals surface area contributed by atoms with Crippen molar-refractivity contribution in [1.29, 1.82) is 0 Å². The second-order valence-corrected chi connectivity index (χ2v) is 5.24. The third kappa shape index (κ3) is 5.08. The zero-order valence-electron chi connectivity index (χ0n) is 11.0. The number of ether oxygens (including phenoxy) is 1. The molecule has 2 rings (SSSR count). The average molecular weight is 330 g/mol. The third-order valence-corrected chi connectivity index (χ3v) is 3.46. The highest BCUT2D eigenvalue weighted by atomic mass is 35.5. The number of aliphatic hydroxyl groups excluding tert-OH is 1. The predicted octanol–water partition coefficient (Wildman–Crippen LogP) is 3.98. The maximum atomic E-state index is 12.7. The van der Waals surface area contributed by atoms with Crippen LogP contribution in [0.25, 0.3) is 0 Å². The molecule has 0 saturated heterocycles. The van der Waals surface area contributed by atoms with Crippen molar-refractivity contribution >= 4 is 28.9 Å². The Balaban J connectivity index is 1.77. The van der Waals surface area contributed by atoms with Crippen LogP contribution in [-0.4, -0.2) is 24.4 Å². The van der Waals surface area contributed by atoms with Crippen LogP contribution in [0.2, 0.25) is 10.0 Å². The molecule has 6 heteroatoms. The molecule has 3 nitrogen and oxygen atoms in total. The summed E-state index contributed by atoms with van der Waals surface area (Å²) in [4.78, 5) is 0. The van der Waals surface area contributed by atoms with Gasteiger partial charge in [0, 0.05) is 18.3 Å². The summed E-state index contributed by atoms with van der Waals surface area (Å²) in [5.74, 6) is 0.231. The van der Waals surface area contributed by atoms with Crippen molar-refractivity contribution in [2.45, 2.75) is 6.10 Å². The van der Waals surface area contributed by atoms with Gasteiger partial charge in [-0.25, -0.2) is 4.39 Å². The molecule has 0 aliphatic carbocycles. The molecule has 1 atom stereocenters. The molecule has 0 aliphatic rings. The first-order valence-corrected chi connectivity index (χ1v) is 7.05. The predicted molar refractivity (Wildman–Crippen MR) is 82.9 cm³/mol. The molecular weight excluding hydrogens is 316 g/mol. The number of rotatable bonds is 6. The summed E-state index contributed by atoms with van der Waals surface area (Å²) < 4.78 is 18.2. The monoisotopic (exact) mass is 329 g/mol. The minimum Gasteiger partial charge on any atom is -0.491 e. The molecule has 0 spiro atoms. The number of anilines is 1. The van der Waals surface area contributed by atoms with Gasteiger partial charge < -0.3 is 15.2 Å². The Morgan fingerprint density at radius 1 is 1.10 bits per heavy atom. The van der Waals surface area contributed by atoms with Crippen molar-refractivity contribution in [3.8, 4) is 5.75 Å². The molecule has 0 heterocycles. The Hall–Kier alpha value is -1.49. The van der Waals surface area contributed by atoms with Gasteiger partial charge in [-0.1, -0.05) is 23.2 Å². The molecule has 112 valence electrons. The van der Waals surface area contributed by atoms with E-state index in [1.165, 1.54) is 12.1 Å². The van der Waals surface area contributed by atoms with E-state index in [0.717, 1.165) is 5.69 Å². The zero-order chi connectivity index (χ0) is 15.2. The van der Waals surface area contributed by atoms with Gasteiger partial charge in [-0.15, -0.1) is 0 Å². The second-order valence-electron chi connectivity index (χ2n) is 4.43. The Morgan fingerprint density at radius 2 is 1.81 bits per heavy atom. The van der Waals surface area contributed by atoms with Gasteiger partial charge in [0.2, 0.25) is 0 Å². The lowest BCUT2D eigenvalue weighted by molar-refractivity contribution is 0.117. The highest BCUT2D eigenvalue weighted by Crippen LogP contribution is 2.26. The molecule has 21 heavy (non-hydrogen) atoms. The van der Waals surface area contributed by atoms with E-state index < -0.39 is 6.10 Å². The molecule has 1 unspecified atom stereocenters. The summed E-state index contributed by atoms with van der Waals surface area (Å²) in [6.45, 7) is 0.388. The van der Waals surface area contributed by atoms with Crippen molar-refractivity contribution in [3.63, 3.8) is 0 Å². The molecular formula is C15H14Cl2FNO2. The van der Waals surface area contributed by atoms with E-state index in [2.05, 4.69) is 5.32 Å². The van der Waals surface area contributed by atoms with E-state index >= 15 is 0 Å². The molecule has 0 radical (unpaired) electrons. The molecule has 0 fully saturated rings. The average Bonchev–Trinajstić information content (AvgIpc) is 2.48. The molecule has 0 amide bonds. The Labute approximate surface area is 132 Å². The van der Waals surface area contributed by atoms with E-state index in [0.29, 0.717) is 15.8 Å². The van der Waals surface area contributed by atoms with E-state index in [1.54, 1.807) is 30.3 Å². The smallest absolute Gasteiger partial charge is 0.123 e. The summed E-state index contributed by atoms with van der Waals surface area (Å²) in [5.41, 5.74) is 0.727. The fraction of sp³-hybridized carbons (Fsp3) is 0.200. The fourth-order valence-corrected chi connectivity index (χ4v) is 1.91. The van der Waals surface area contributed by atoms with Crippen LogP contribution in [0.4, 0.5) is 10.1 Å². The second kappa shape index (κ2) is 7.50. The molecule has 0 bridgehead atoms. The van der Waals surface area contributed by atoms with Crippen LogP contribution in [0, 0.1) is 5.82 Å². The summed E-state index contributed by atoms with van der Waals surface area (Å²) in [7, 11) is 0. The van der Waals surface area contributed by atoms with Gasteiger partial charge in [-0.3, -0.25) is 0 Å². The SMILES string of the molecule is OC(CNc1ccc(F)cc1)COc1ccc(Cl)c(Cl)c1. The van der Waals surface area contributed by atoms with E-state index in [1.807, 2.05) is 0 Å². The minimum absolute atomic E-state index is 0.103. The minimum atomic E-state index is -0.718. The van der Waals surface area contributed by atoms with Crippen molar-refractivity contribution < 1.29 is 14.2 Å². The van der Waals surface area contributed by atoms with Crippen LogP contribution in [0.15, 0.2) is 42.5 Å². The van der Waals surface area contributed by atoms with Crippen molar-refractivity contribution in [2.24, 2.45) is 0 Å². The number of hydrogen-bond acceptors (Lipinski definition) is 3. The fourth-order valence-electron chi connectivity index (χ4n) is 1.62. The summed E-state index contributed by atoms with van der Waals surface area (Å²) in [5, 5.41) is 13.7. The maximum Gasteiger partial charge on any atom is 0.123 e. The van der Waals surface area contributed by atoms with Crippen LogP contribution in [-0.2, 0) is 0 Å². The lowest BCUT2D eigenvalue weighted by atomic mass is 10.3. The van der Waals surface area contributed by atoms with Crippen LogP contribution in [0.3, 0.4) is 0 Å². The van der Waals surface area contributed by atoms with Crippen LogP contribution in [0.5, 0.6) is 5.75 Å². The third-order valence-electron chi connectivity index (χ3n) is 2.72. The topological polar surface area (TPSA) is 41.5 Å². The van der Waals surface area contributed by atoms with Crippen molar-refractivity contribution in [3.05, 3.63) is 58.3 Å². The Bertz CT molecular complexity index is 593. The van der Waals surface area contributed by atoms with Crippen molar-refractivity contribution in [1.82, 2.24) is 0 Å². The van der Waals surface area contributed by atoms with Crippen LogP contribution >= 0.6 is 23.2 Å². The number of hydrogen-bond donors (Lipinski definition) is 2. The summed E-state index contributed by atoms with van der Waals surface area (Å²) in [6.07, 6.45) is -0.718. The highest BCUT2D eigenvalue weighted by molar-refractivity contribution is 6.42. The Morgan fingerprint density at radius 3 is 2.48 bits per heavy atom. The molecule has 0 saturated carbocycles. The first-order chi connectivity index (χ1) is 10.0. The summed E-state index contributed by atoms with van der Waals surface area (Å²) >= 11 is 11.7. The van der Waals surface area contributed by atoms with Gasteiger partial charge in [0.05, 0.1) is 10.0 Å². The molecule has 2 aromatic rings. The molecule has 2 aromatic carbocycles. The quantitative estimate of drug-likeness (QED) is 0.842. The van der Waals surface area contributed by atoms with Crippen molar-refractivity contribution in [2.75, 3.05) is 18.5 Å². The Kier molecular flexibility index (Phi) is 5.67. The summed E-state index contributed by atoms with van der Waals surface area (Å²) in [6, 6.07) is 10.8. The lowest BCUT2D eigenvalue weighted by Crippen LogP contribution is -2.26. The first kappa shape index (κ1) is 15.9. The van der Waals surface area contributed by atoms with Gasteiger partial charge >= 0.3 is 0 Å². The maximum absolute atomic E-state index is 12.7. The molecule has 2 N–H and O–H groups in total. The number of benzene rings is 2. The van der Waals surface area contributed by atoms with Gasteiger partial charge in [-0.2, -0.15) is 0 Å². The highest BCUT2D eigenvalue weighted by Gasteiger charge is 2.06.